The van der Waals surface area contributed by atoms with Crippen LogP contribution in [0.15, 0.2) is 24.3 Å². The van der Waals surface area contributed by atoms with E-state index < -0.39 is 0 Å². The first kappa shape index (κ1) is 16.2. The predicted octanol–water partition coefficient (Wildman–Crippen LogP) is 3.56. The van der Waals surface area contributed by atoms with Gasteiger partial charge in [0.05, 0.1) is 10.2 Å². The number of rotatable bonds is 3. The number of carbonyl (C=O) groups excluding carboxylic acids is 1. The maximum Gasteiger partial charge on any atom is 0.226 e. The zero-order valence-corrected chi connectivity index (χ0v) is 13.4. The van der Waals surface area contributed by atoms with Gasteiger partial charge in [0.1, 0.15) is 0 Å². The molecule has 0 spiro atoms. The van der Waals surface area contributed by atoms with E-state index in [-0.39, 0.29) is 24.4 Å². The van der Waals surface area contributed by atoms with Crippen molar-refractivity contribution >= 4 is 45.0 Å². The van der Waals surface area contributed by atoms with E-state index in [1.165, 1.54) is 24.2 Å². The monoisotopic (exact) mass is 325 g/mol. The number of thiazole rings is 1. The van der Waals surface area contributed by atoms with Crippen molar-refractivity contribution in [3.63, 3.8) is 0 Å². The molecule has 1 aromatic heterocycles. The molecule has 1 fully saturated rings. The highest BCUT2D eigenvalue weighted by molar-refractivity contribution is 7.22. The number of anilines is 1. The highest BCUT2D eigenvalue weighted by atomic mass is 35.5. The van der Waals surface area contributed by atoms with E-state index in [0.717, 1.165) is 23.1 Å². The molecule has 0 bridgehead atoms. The Morgan fingerprint density at radius 3 is 2.86 bits per heavy atom. The minimum atomic E-state index is 0. The highest BCUT2D eigenvalue weighted by Crippen LogP contribution is 2.28. The number of nitrogens with two attached hydrogens (primary N) is 1. The molecular formula is C15H20ClN3OS. The first-order valence-electron chi connectivity index (χ1n) is 7.13. The van der Waals surface area contributed by atoms with Crippen molar-refractivity contribution in [3.05, 3.63) is 24.3 Å². The third kappa shape index (κ3) is 3.93. The molecule has 2 aromatic rings. The van der Waals surface area contributed by atoms with Crippen LogP contribution in [0.25, 0.3) is 10.2 Å². The van der Waals surface area contributed by atoms with Gasteiger partial charge in [0.15, 0.2) is 5.13 Å². The van der Waals surface area contributed by atoms with E-state index >= 15 is 0 Å². The SMILES string of the molecule is Cl.NC1CCCCC1CC(=O)Nc1nc2ccccc2s1. The fourth-order valence-electron chi connectivity index (χ4n) is 2.82. The second-order valence-electron chi connectivity index (χ2n) is 5.45. The average molecular weight is 326 g/mol. The number of amides is 1. The van der Waals surface area contributed by atoms with Crippen LogP contribution in [0.4, 0.5) is 5.13 Å². The van der Waals surface area contributed by atoms with E-state index in [1.807, 2.05) is 24.3 Å². The molecule has 4 nitrogen and oxygen atoms in total. The van der Waals surface area contributed by atoms with Crippen LogP contribution in [-0.2, 0) is 4.79 Å². The highest BCUT2D eigenvalue weighted by Gasteiger charge is 2.24. The lowest BCUT2D eigenvalue weighted by Crippen LogP contribution is -2.35. The molecule has 1 saturated carbocycles. The van der Waals surface area contributed by atoms with Gasteiger partial charge in [0, 0.05) is 12.5 Å². The maximum atomic E-state index is 12.1. The summed E-state index contributed by atoms with van der Waals surface area (Å²) in [5.41, 5.74) is 7.02. The standard InChI is InChI=1S/C15H19N3OS.ClH/c16-11-6-2-1-5-10(11)9-14(19)18-15-17-12-7-3-4-8-13(12)20-15;/h3-4,7-8,10-11H,1-2,5-6,9,16H2,(H,17,18,19);1H. The van der Waals surface area contributed by atoms with Gasteiger partial charge >= 0.3 is 0 Å². The predicted molar refractivity (Wildman–Crippen MR) is 90.0 cm³/mol. The van der Waals surface area contributed by atoms with Gasteiger partial charge in [-0.1, -0.05) is 36.3 Å². The Labute approximate surface area is 134 Å². The molecule has 0 saturated heterocycles. The number of hydrogen-bond donors (Lipinski definition) is 2. The summed E-state index contributed by atoms with van der Waals surface area (Å²) in [6.07, 6.45) is 4.99. The molecule has 6 heteroatoms. The molecular weight excluding hydrogens is 306 g/mol. The van der Waals surface area contributed by atoms with E-state index in [2.05, 4.69) is 10.3 Å². The number of nitrogens with zero attached hydrogens (tertiary/aromatic N) is 1. The molecule has 1 amide bonds. The van der Waals surface area contributed by atoms with Crippen LogP contribution in [0.5, 0.6) is 0 Å². The topological polar surface area (TPSA) is 68.0 Å². The van der Waals surface area contributed by atoms with E-state index in [1.54, 1.807) is 0 Å². The van der Waals surface area contributed by atoms with Gasteiger partial charge < -0.3 is 11.1 Å². The zero-order chi connectivity index (χ0) is 13.9. The summed E-state index contributed by atoms with van der Waals surface area (Å²) in [5, 5.41) is 3.59. The molecule has 3 rings (SSSR count). The molecule has 114 valence electrons. The quantitative estimate of drug-likeness (QED) is 0.906. The van der Waals surface area contributed by atoms with Crippen molar-refractivity contribution in [1.29, 1.82) is 0 Å². The fraction of sp³-hybridized carbons (Fsp3) is 0.467. The minimum absolute atomic E-state index is 0. The number of nitrogens with one attached hydrogen (secondary N) is 1. The minimum Gasteiger partial charge on any atom is -0.327 e. The fourth-order valence-corrected chi connectivity index (χ4v) is 3.71. The molecule has 1 aromatic carbocycles. The Hall–Kier alpha value is -1.17. The number of fused-ring (bicyclic) bond motifs is 1. The summed E-state index contributed by atoms with van der Waals surface area (Å²) >= 11 is 1.51. The summed E-state index contributed by atoms with van der Waals surface area (Å²) in [4.78, 5) is 16.5. The van der Waals surface area contributed by atoms with Crippen molar-refractivity contribution in [2.24, 2.45) is 11.7 Å². The molecule has 21 heavy (non-hydrogen) atoms. The van der Waals surface area contributed by atoms with Crippen LogP contribution in [0, 0.1) is 5.92 Å². The van der Waals surface area contributed by atoms with Gasteiger partial charge in [-0.2, -0.15) is 0 Å². The van der Waals surface area contributed by atoms with E-state index in [4.69, 9.17) is 5.73 Å². The summed E-state index contributed by atoms with van der Waals surface area (Å²) in [7, 11) is 0. The second-order valence-corrected chi connectivity index (χ2v) is 6.48. The lowest BCUT2D eigenvalue weighted by Gasteiger charge is -2.27. The molecule has 1 heterocycles. The van der Waals surface area contributed by atoms with Crippen LogP contribution >= 0.6 is 23.7 Å². The number of para-hydroxylation sites is 1. The first-order valence-corrected chi connectivity index (χ1v) is 7.95. The van der Waals surface area contributed by atoms with Gasteiger partial charge in [0.25, 0.3) is 0 Å². The number of aromatic nitrogens is 1. The van der Waals surface area contributed by atoms with Gasteiger partial charge in [0.2, 0.25) is 5.91 Å². The lowest BCUT2D eigenvalue weighted by molar-refractivity contribution is -0.117. The second kappa shape index (κ2) is 7.20. The third-order valence-corrected chi connectivity index (χ3v) is 4.91. The zero-order valence-electron chi connectivity index (χ0n) is 11.7. The van der Waals surface area contributed by atoms with Crippen molar-refractivity contribution < 1.29 is 4.79 Å². The number of halogens is 1. The number of carbonyl (C=O) groups is 1. The van der Waals surface area contributed by atoms with Gasteiger partial charge in [-0.15, -0.1) is 12.4 Å². The third-order valence-electron chi connectivity index (χ3n) is 3.96. The van der Waals surface area contributed by atoms with Gasteiger partial charge in [-0.05, 0) is 30.9 Å². The van der Waals surface area contributed by atoms with Crippen LogP contribution < -0.4 is 11.1 Å². The summed E-state index contributed by atoms with van der Waals surface area (Å²) < 4.78 is 1.09. The van der Waals surface area contributed by atoms with E-state index in [9.17, 15) is 4.79 Å². The summed E-state index contributed by atoms with van der Waals surface area (Å²) in [5.74, 6) is 0.351. The number of hydrogen-bond acceptors (Lipinski definition) is 4. The molecule has 2 unspecified atom stereocenters. The van der Waals surface area contributed by atoms with Gasteiger partial charge in [-0.25, -0.2) is 4.98 Å². The van der Waals surface area contributed by atoms with Gasteiger partial charge in [-0.3, -0.25) is 4.79 Å². The van der Waals surface area contributed by atoms with Crippen molar-refractivity contribution in [3.8, 4) is 0 Å². The lowest BCUT2D eigenvalue weighted by atomic mass is 9.83. The molecule has 1 aliphatic rings. The maximum absolute atomic E-state index is 12.1. The van der Waals surface area contributed by atoms with Crippen molar-refractivity contribution in [2.75, 3.05) is 5.32 Å². The summed E-state index contributed by atoms with van der Waals surface area (Å²) in [6.45, 7) is 0. The van der Waals surface area contributed by atoms with E-state index in [0.29, 0.717) is 17.5 Å². The molecule has 2 atom stereocenters. The normalized spacial score (nSPS) is 21.8. The average Bonchev–Trinajstić information content (AvgIpc) is 2.83. The molecule has 1 aliphatic carbocycles. The summed E-state index contributed by atoms with van der Waals surface area (Å²) in [6, 6.07) is 8.07. The Balaban J connectivity index is 0.00000161. The van der Waals surface area contributed by atoms with Crippen LogP contribution in [0.2, 0.25) is 0 Å². The van der Waals surface area contributed by atoms with Crippen LogP contribution in [-0.4, -0.2) is 16.9 Å². The van der Waals surface area contributed by atoms with Crippen molar-refractivity contribution in [1.82, 2.24) is 4.98 Å². The Morgan fingerprint density at radius 1 is 1.33 bits per heavy atom. The Kier molecular flexibility index (Phi) is 5.56. The van der Waals surface area contributed by atoms with Crippen LogP contribution in [0.3, 0.4) is 0 Å². The molecule has 3 N–H and O–H groups in total. The van der Waals surface area contributed by atoms with Crippen LogP contribution in [0.1, 0.15) is 32.1 Å². The molecule has 0 aliphatic heterocycles. The Bertz CT molecular complexity index is 583. The number of benzene rings is 1. The Morgan fingerprint density at radius 2 is 2.10 bits per heavy atom. The van der Waals surface area contributed by atoms with Crippen molar-refractivity contribution in [2.45, 2.75) is 38.1 Å². The largest absolute Gasteiger partial charge is 0.327 e. The first-order chi connectivity index (χ1) is 9.72. The smallest absolute Gasteiger partial charge is 0.226 e. The molecule has 0 radical (unpaired) electrons.